The Balaban J connectivity index is 2.14. The number of carbonyl (C=O) groups excluding carboxylic acids is 1. The number of aromatic nitrogens is 2. The fourth-order valence-electron chi connectivity index (χ4n) is 2.54. The van der Waals surface area contributed by atoms with Gasteiger partial charge in [-0.1, -0.05) is 0 Å². The number of nitrogens with one attached hydrogen (secondary N) is 1. The lowest BCUT2D eigenvalue weighted by molar-refractivity contribution is -0.121. The molecule has 2 aromatic rings. The summed E-state index contributed by atoms with van der Waals surface area (Å²) in [5.74, 6) is 1.19. The zero-order chi connectivity index (χ0) is 19.1. The molecule has 1 amide bonds. The Morgan fingerprint density at radius 3 is 2.54 bits per heavy atom. The molecule has 26 heavy (non-hydrogen) atoms. The Morgan fingerprint density at radius 2 is 1.88 bits per heavy atom. The molecule has 1 heterocycles. The molecular weight excluding hydrogens is 334 g/mol. The summed E-state index contributed by atoms with van der Waals surface area (Å²) in [6.07, 6.45) is 0.897. The third kappa shape index (κ3) is 5.08. The first kappa shape index (κ1) is 19.5. The topological polar surface area (TPSA) is 82.5 Å². The molecule has 0 fully saturated rings. The predicted octanol–water partition coefficient (Wildman–Crippen LogP) is 2.23. The summed E-state index contributed by atoms with van der Waals surface area (Å²) in [5, 5.41) is 7.24. The highest BCUT2D eigenvalue weighted by Gasteiger charge is 2.09. The van der Waals surface area contributed by atoms with Gasteiger partial charge in [0.2, 0.25) is 5.91 Å². The van der Waals surface area contributed by atoms with Crippen LogP contribution in [0.2, 0.25) is 0 Å². The average Bonchev–Trinajstić information content (AvgIpc) is 2.62. The zero-order valence-electron chi connectivity index (χ0n) is 15.6. The molecule has 1 aromatic heterocycles. The first-order valence-electron chi connectivity index (χ1n) is 8.54. The average molecular weight is 359 g/mol. The highest BCUT2D eigenvalue weighted by atomic mass is 16.5. The van der Waals surface area contributed by atoms with Crippen LogP contribution in [0.25, 0.3) is 11.3 Å². The molecule has 0 unspecified atom stereocenters. The predicted molar refractivity (Wildman–Crippen MR) is 99.5 cm³/mol. The summed E-state index contributed by atoms with van der Waals surface area (Å²) < 4.78 is 11.9. The Bertz CT molecular complexity index is 815. The van der Waals surface area contributed by atoms with Crippen molar-refractivity contribution in [3.63, 3.8) is 0 Å². The van der Waals surface area contributed by atoms with Crippen molar-refractivity contribution in [1.82, 2.24) is 15.1 Å². The molecule has 140 valence electrons. The maximum Gasteiger partial charge on any atom is 0.266 e. The highest BCUT2D eigenvalue weighted by Crippen LogP contribution is 2.31. The first-order valence-corrected chi connectivity index (χ1v) is 8.54. The van der Waals surface area contributed by atoms with E-state index in [1.807, 2.05) is 26.0 Å². The van der Waals surface area contributed by atoms with Gasteiger partial charge in [0.25, 0.3) is 5.56 Å². The molecular formula is C19H25N3O4. The van der Waals surface area contributed by atoms with Crippen LogP contribution in [0.4, 0.5) is 0 Å². The monoisotopic (exact) mass is 359 g/mol. The molecule has 0 aliphatic carbocycles. The van der Waals surface area contributed by atoms with Crippen LogP contribution in [0.5, 0.6) is 11.5 Å². The van der Waals surface area contributed by atoms with E-state index in [1.54, 1.807) is 26.4 Å². The van der Waals surface area contributed by atoms with Gasteiger partial charge in [0.15, 0.2) is 11.5 Å². The Labute approximate surface area is 152 Å². The number of nitrogens with zero attached hydrogens (tertiary/aromatic N) is 2. The number of methoxy groups -OCH3 is 2. The summed E-state index contributed by atoms with van der Waals surface area (Å²) >= 11 is 0. The summed E-state index contributed by atoms with van der Waals surface area (Å²) in [4.78, 5) is 23.7. The van der Waals surface area contributed by atoms with Crippen molar-refractivity contribution in [3.05, 3.63) is 40.7 Å². The number of benzene rings is 1. The number of hydrogen-bond donors (Lipinski definition) is 1. The van der Waals surface area contributed by atoms with E-state index in [0.717, 1.165) is 5.56 Å². The molecule has 0 aliphatic heterocycles. The Hall–Kier alpha value is -2.83. The molecule has 2 rings (SSSR count). The fourth-order valence-corrected chi connectivity index (χ4v) is 2.54. The van der Waals surface area contributed by atoms with Crippen LogP contribution in [0.15, 0.2) is 35.1 Å². The number of ether oxygens (including phenoxy) is 2. The molecule has 0 saturated heterocycles. The lowest BCUT2D eigenvalue weighted by Crippen LogP contribution is -2.30. The summed E-state index contributed by atoms with van der Waals surface area (Å²) in [7, 11) is 3.14. The molecule has 0 spiro atoms. The van der Waals surface area contributed by atoms with Crippen molar-refractivity contribution in [2.24, 2.45) is 0 Å². The maximum atomic E-state index is 12.0. The SMILES string of the molecule is COc1ccc(-c2ccc(=O)n(CCCC(=O)NC(C)C)n2)cc1OC. The number of carbonyl (C=O) groups is 1. The van der Waals surface area contributed by atoms with Crippen LogP contribution in [0.1, 0.15) is 26.7 Å². The van der Waals surface area contributed by atoms with Crippen molar-refractivity contribution in [3.8, 4) is 22.8 Å². The van der Waals surface area contributed by atoms with Crippen LogP contribution in [-0.4, -0.2) is 35.9 Å². The van der Waals surface area contributed by atoms with Crippen LogP contribution in [-0.2, 0) is 11.3 Å². The minimum atomic E-state index is -0.196. The van der Waals surface area contributed by atoms with Crippen molar-refractivity contribution in [2.45, 2.75) is 39.3 Å². The van der Waals surface area contributed by atoms with Gasteiger partial charge in [-0.3, -0.25) is 9.59 Å². The van der Waals surface area contributed by atoms with Gasteiger partial charge in [0.05, 0.1) is 19.9 Å². The molecule has 7 heteroatoms. The highest BCUT2D eigenvalue weighted by molar-refractivity contribution is 5.76. The lowest BCUT2D eigenvalue weighted by Gasteiger charge is -2.11. The van der Waals surface area contributed by atoms with Gasteiger partial charge in [0.1, 0.15) is 0 Å². The molecule has 0 saturated carbocycles. The largest absolute Gasteiger partial charge is 0.493 e. The third-order valence-corrected chi connectivity index (χ3v) is 3.77. The van der Waals surface area contributed by atoms with Crippen LogP contribution >= 0.6 is 0 Å². The Kier molecular flexibility index (Phi) is 6.77. The van der Waals surface area contributed by atoms with Gasteiger partial charge in [-0.25, -0.2) is 4.68 Å². The van der Waals surface area contributed by atoms with Crippen molar-refractivity contribution >= 4 is 5.91 Å². The molecule has 0 aliphatic rings. The van der Waals surface area contributed by atoms with Gasteiger partial charge in [-0.15, -0.1) is 0 Å². The van der Waals surface area contributed by atoms with Crippen molar-refractivity contribution in [2.75, 3.05) is 14.2 Å². The van der Waals surface area contributed by atoms with E-state index in [4.69, 9.17) is 9.47 Å². The van der Waals surface area contributed by atoms with Gasteiger partial charge < -0.3 is 14.8 Å². The van der Waals surface area contributed by atoms with Crippen LogP contribution in [0, 0.1) is 0 Å². The summed E-state index contributed by atoms with van der Waals surface area (Å²) in [6.45, 7) is 4.21. The van der Waals surface area contributed by atoms with Crippen molar-refractivity contribution in [1.29, 1.82) is 0 Å². The fraction of sp³-hybridized carbons (Fsp3) is 0.421. The second-order valence-electron chi connectivity index (χ2n) is 6.18. The van der Waals surface area contributed by atoms with E-state index in [0.29, 0.717) is 36.6 Å². The minimum absolute atomic E-state index is 0.0240. The van der Waals surface area contributed by atoms with Crippen LogP contribution < -0.4 is 20.3 Å². The maximum absolute atomic E-state index is 12.0. The van der Waals surface area contributed by atoms with E-state index < -0.39 is 0 Å². The normalized spacial score (nSPS) is 10.7. The molecule has 7 nitrogen and oxygen atoms in total. The number of hydrogen-bond acceptors (Lipinski definition) is 5. The lowest BCUT2D eigenvalue weighted by atomic mass is 10.1. The van der Waals surface area contributed by atoms with E-state index in [1.165, 1.54) is 10.7 Å². The third-order valence-electron chi connectivity index (χ3n) is 3.77. The molecule has 1 N–H and O–H groups in total. The van der Waals surface area contributed by atoms with E-state index >= 15 is 0 Å². The molecule has 1 aromatic carbocycles. The standard InChI is InChI=1S/C19H25N3O4/c1-13(2)20-18(23)6-5-11-22-19(24)10-8-15(21-22)14-7-9-16(25-3)17(12-14)26-4/h7-10,12-13H,5-6,11H2,1-4H3,(H,20,23). The summed E-state index contributed by atoms with van der Waals surface area (Å²) in [6, 6.07) is 8.72. The Morgan fingerprint density at radius 1 is 1.15 bits per heavy atom. The van der Waals surface area contributed by atoms with Crippen LogP contribution in [0.3, 0.4) is 0 Å². The molecule has 0 atom stereocenters. The van der Waals surface area contributed by atoms with E-state index in [2.05, 4.69) is 10.4 Å². The number of aryl methyl sites for hydroxylation is 1. The number of amides is 1. The summed E-state index contributed by atoms with van der Waals surface area (Å²) in [5.41, 5.74) is 1.27. The van der Waals surface area contributed by atoms with Gasteiger partial charge >= 0.3 is 0 Å². The minimum Gasteiger partial charge on any atom is -0.493 e. The van der Waals surface area contributed by atoms with Crippen molar-refractivity contribution < 1.29 is 14.3 Å². The molecule has 0 bridgehead atoms. The van der Waals surface area contributed by atoms with Gasteiger partial charge in [0, 0.05) is 30.6 Å². The van der Waals surface area contributed by atoms with Gasteiger partial charge in [-0.2, -0.15) is 5.10 Å². The second kappa shape index (κ2) is 9.03. The second-order valence-corrected chi connectivity index (χ2v) is 6.18. The number of rotatable bonds is 8. The zero-order valence-corrected chi connectivity index (χ0v) is 15.6. The molecule has 0 radical (unpaired) electrons. The smallest absolute Gasteiger partial charge is 0.266 e. The first-order chi connectivity index (χ1) is 12.4. The van der Waals surface area contributed by atoms with Gasteiger partial charge in [-0.05, 0) is 44.5 Å². The quantitative estimate of drug-likeness (QED) is 0.781. The van der Waals surface area contributed by atoms with E-state index in [-0.39, 0.29) is 17.5 Å². The van der Waals surface area contributed by atoms with E-state index in [9.17, 15) is 9.59 Å².